The van der Waals surface area contributed by atoms with Crippen molar-refractivity contribution in [3.05, 3.63) is 93.1 Å². The number of nitrogens with zero attached hydrogens (tertiary/aromatic N) is 1. The quantitative estimate of drug-likeness (QED) is 0.288. The zero-order chi connectivity index (χ0) is 24.2. The fraction of sp³-hybridized carbons (Fsp3) is 0.0417. The zero-order valence-corrected chi connectivity index (χ0v) is 20.4. The Morgan fingerprint density at radius 2 is 1.82 bits per heavy atom. The lowest BCUT2D eigenvalue weighted by Gasteiger charge is -2.14. The molecular weight excluding hydrogens is 518 g/mol. The Morgan fingerprint density at radius 1 is 1.09 bits per heavy atom. The third kappa shape index (κ3) is 5.59. The Balaban J connectivity index is 1.42. The van der Waals surface area contributed by atoms with Gasteiger partial charge < -0.3 is 10.1 Å². The summed E-state index contributed by atoms with van der Waals surface area (Å²) in [5, 5.41) is 3.35. The highest BCUT2D eigenvalue weighted by Gasteiger charge is 2.33. The molecule has 3 aromatic rings. The summed E-state index contributed by atoms with van der Waals surface area (Å²) in [5.41, 5.74) is 1.62. The summed E-state index contributed by atoms with van der Waals surface area (Å²) < 4.78 is 19.1. The molecule has 0 unspecified atom stereocenters. The van der Waals surface area contributed by atoms with Crippen molar-refractivity contribution in [1.29, 1.82) is 0 Å². The molecule has 1 saturated heterocycles. The number of nitrogens with one attached hydrogen (secondary N) is 1. The van der Waals surface area contributed by atoms with Gasteiger partial charge in [-0.05, 0) is 60.2 Å². The van der Waals surface area contributed by atoms with Crippen molar-refractivity contribution < 1.29 is 18.7 Å². The number of amides is 2. The Morgan fingerprint density at radius 3 is 2.53 bits per heavy atom. The molecule has 1 heterocycles. The molecule has 4 rings (SSSR count). The Bertz CT molecular complexity index is 1320. The SMILES string of the molecule is O=C(COc1ccc(/C=C2\SC(=S)N(c3ccc(F)cc3)C2=O)cc1Cl)Nc1ccccc1Cl. The van der Waals surface area contributed by atoms with E-state index >= 15 is 0 Å². The molecule has 1 aliphatic heterocycles. The van der Waals surface area contributed by atoms with Crippen LogP contribution < -0.4 is 15.0 Å². The molecule has 0 aromatic heterocycles. The van der Waals surface area contributed by atoms with Crippen molar-refractivity contribution in [3.63, 3.8) is 0 Å². The highest BCUT2D eigenvalue weighted by Crippen LogP contribution is 2.37. The Kier molecular flexibility index (Phi) is 7.53. The van der Waals surface area contributed by atoms with Crippen molar-refractivity contribution in [1.82, 2.24) is 0 Å². The molecule has 1 aliphatic rings. The van der Waals surface area contributed by atoms with Crippen molar-refractivity contribution in [3.8, 4) is 5.75 Å². The molecule has 34 heavy (non-hydrogen) atoms. The van der Waals surface area contributed by atoms with Crippen LogP contribution in [0.5, 0.6) is 5.75 Å². The Hall–Kier alpha value is -2.91. The molecule has 0 bridgehead atoms. The van der Waals surface area contributed by atoms with Crippen LogP contribution in [0.1, 0.15) is 5.56 Å². The van der Waals surface area contributed by atoms with Gasteiger partial charge in [0.15, 0.2) is 10.9 Å². The number of para-hydroxylation sites is 1. The first-order valence-corrected chi connectivity index (χ1v) is 11.8. The van der Waals surface area contributed by atoms with E-state index in [9.17, 15) is 14.0 Å². The lowest BCUT2D eigenvalue weighted by molar-refractivity contribution is -0.118. The number of benzene rings is 3. The number of ether oxygens (including phenoxy) is 1. The number of carbonyl (C=O) groups is 2. The van der Waals surface area contributed by atoms with Crippen LogP contribution in [0, 0.1) is 5.82 Å². The maximum absolute atomic E-state index is 13.2. The van der Waals surface area contributed by atoms with Gasteiger partial charge >= 0.3 is 0 Å². The minimum absolute atomic E-state index is 0.263. The highest BCUT2D eigenvalue weighted by molar-refractivity contribution is 8.27. The van der Waals surface area contributed by atoms with Crippen LogP contribution in [-0.2, 0) is 9.59 Å². The standard InChI is InChI=1S/C24H15Cl2FN2O3S2/c25-17-3-1-2-4-19(17)28-22(30)13-32-20-10-5-14(11-18(20)26)12-21-23(31)29(24(33)34-21)16-8-6-15(27)7-9-16/h1-12H,13H2,(H,28,30)/b21-12-. The van der Waals surface area contributed by atoms with Gasteiger partial charge in [0.1, 0.15) is 11.6 Å². The molecule has 2 amide bonds. The van der Waals surface area contributed by atoms with E-state index in [4.69, 9.17) is 40.2 Å². The Labute approximate surface area is 214 Å². The monoisotopic (exact) mass is 532 g/mol. The summed E-state index contributed by atoms with van der Waals surface area (Å²) >= 11 is 18.8. The van der Waals surface area contributed by atoms with Gasteiger partial charge in [0.2, 0.25) is 0 Å². The first-order valence-electron chi connectivity index (χ1n) is 9.82. The van der Waals surface area contributed by atoms with E-state index in [0.29, 0.717) is 36.9 Å². The van der Waals surface area contributed by atoms with E-state index in [0.717, 1.165) is 11.8 Å². The summed E-state index contributed by atoms with van der Waals surface area (Å²) in [6.45, 7) is -0.263. The van der Waals surface area contributed by atoms with Gasteiger partial charge in [0.25, 0.3) is 11.8 Å². The lowest BCUT2D eigenvalue weighted by atomic mass is 10.2. The molecule has 1 fully saturated rings. The summed E-state index contributed by atoms with van der Waals surface area (Å²) in [4.78, 5) is 26.8. The molecular formula is C24H15Cl2FN2O3S2. The maximum atomic E-state index is 13.2. The molecule has 0 spiro atoms. The van der Waals surface area contributed by atoms with Gasteiger partial charge in [-0.1, -0.05) is 65.4 Å². The van der Waals surface area contributed by atoms with Crippen LogP contribution in [0.3, 0.4) is 0 Å². The lowest BCUT2D eigenvalue weighted by Crippen LogP contribution is -2.27. The minimum atomic E-state index is -0.400. The number of hydrogen-bond donors (Lipinski definition) is 1. The van der Waals surface area contributed by atoms with E-state index < -0.39 is 11.7 Å². The second kappa shape index (κ2) is 10.6. The fourth-order valence-corrected chi connectivity index (χ4v) is 4.77. The molecule has 5 nitrogen and oxygen atoms in total. The smallest absolute Gasteiger partial charge is 0.270 e. The molecule has 0 radical (unpaired) electrons. The van der Waals surface area contributed by atoms with Crippen LogP contribution in [0.2, 0.25) is 10.0 Å². The van der Waals surface area contributed by atoms with Crippen LogP contribution in [0.4, 0.5) is 15.8 Å². The first kappa shape index (κ1) is 24.2. The molecule has 10 heteroatoms. The van der Waals surface area contributed by atoms with E-state index in [-0.39, 0.29) is 17.5 Å². The summed E-state index contributed by atoms with van der Waals surface area (Å²) in [7, 11) is 0. The molecule has 0 atom stereocenters. The number of halogens is 3. The molecule has 172 valence electrons. The normalized spacial score (nSPS) is 14.6. The van der Waals surface area contributed by atoms with E-state index in [2.05, 4.69) is 5.32 Å². The van der Waals surface area contributed by atoms with Gasteiger partial charge in [0.05, 0.1) is 26.3 Å². The van der Waals surface area contributed by atoms with Crippen LogP contribution in [-0.4, -0.2) is 22.7 Å². The number of hydrogen-bond acceptors (Lipinski definition) is 5. The topological polar surface area (TPSA) is 58.6 Å². The van der Waals surface area contributed by atoms with Crippen LogP contribution in [0.25, 0.3) is 6.08 Å². The average Bonchev–Trinajstić information content (AvgIpc) is 3.08. The molecule has 1 N–H and O–H groups in total. The fourth-order valence-electron chi connectivity index (χ4n) is 3.05. The largest absolute Gasteiger partial charge is 0.482 e. The van der Waals surface area contributed by atoms with Gasteiger partial charge in [-0.2, -0.15) is 0 Å². The van der Waals surface area contributed by atoms with Crippen molar-refractivity contribution in [2.24, 2.45) is 0 Å². The molecule has 0 saturated carbocycles. The molecule has 0 aliphatic carbocycles. The minimum Gasteiger partial charge on any atom is -0.482 e. The van der Waals surface area contributed by atoms with Gasteiger partial charge in [-0.15, -0.1) is 0 Å². The molecule has 3 aromatic carbocycles. The third-order valence-corrected chi connectivity index (χ3v) is 6.57. The van der Waals surface area contributed by atoms with Crippen LogP contribution in [0.15, 0.2) is 71.6 Å². The van der Waals surface area contributed by atoms with Crippen LogP contribution >= 0.6 is 47.2 Å². The van der Waals surface area contributed by atoms with E-state index in [1.165, 1.54) is 29.2 Å². The maximum Gasteiger partial charge on any atom is 0.270 e. The zero-order valence-electron chi connectivity index (χ0n) is 17.3. The number of thiocarbonyl (C=S) groups is 1. The van der Waals surface area contributed by atoms with Crippen molar-refractivity contribution in [2.75, 3.05) is 16.8 Å². The predicted molar refractivity (Wildman–Crippen MR) is 139 cm³/mol. The number of thioether (sulfide) groups is 1. The summed E-state index contributed by atoms with van der Waals surface area (Å²) in [6.07, 6.45) is 1.66. The van der Waals surface area contributed by atoms with Crippen molar-refractivity contribution in [2.45, 2.75) is 0 Å². The second-order valence-corrected chi connectivity index (χ2v) is 9.49. The van der Waals surface area contributed by atoms with Gasteiger partial charge in [-0.3, -0.25) is 14.5 Å². The summed E-state index contributed by atoms with van der Waals surface area (Å²) in [6, 6.07) is 17.3. The highest BCUT2D eigenvalue weighted by atomic mass is 35.5. The van der Waals surface area contributed by atoms with E-state index in [1.54, 1.807) is 48.5 Å². The van der Waals surface area contributed by atoms with Crippen molar-refractivity contribution >= 4 is 80.8 Å². The van der Waals surface area contributed by atoms with Gasteiger partial charge in [-0.25, -0.2) is 4.39 Å². The second-order valence-electron chi connectivity index (χ2n) is 7.00. The third-order valence-electron chi connectivity index (χ3n) is 4.64. The average molecular weight is 533 g/mol. The van der Waals surface area contributed by atoms with E-state index in [1.807, 2.05) is 0 Å². The first-order chi connectivity index (χ1) is 16.3. The van der Waals surface area contributed by atoms with Gasteiger partial charge in [0, 0.05) is 0 Å². The number of anilines is 2. The number of rotatable bonds is 6. The number of carbonyl (C=O) groups excluding carboxylic acids is 2. The summed E-state index contributed by atoms with van der Waals surface area (Å²) in [5.74, 6) is -0.790. The predicted octanol–water partition coefficient (Wildman–Crippen LogP) is 6.56.